The summed E-state index contributed by atoms with van der Waals surface area (Å²) in [5.41, 5.74) is 1.63. The number of benzene rings is 3. The zero-order valence-corrected chi connectivity index (χ0v) is 24.3. The maximum atomic E-state index is 14.1. The second-order valence-electron chi connectivity index (χ2n) is 11.2. The highest BCUT2D eigenvalue weighted by Crippen LogP contribution is 2.34. The lowest BCUT2D eigenvalue weighted by atomic mass is 9.79. The minimum Gasteiger partial charge on any atom is -0.497 e. The second-order valence-corrected chi connectivity index (χ2v) is 11.2. The summed E-state index contributed by atoms with van der Waals surface area (Å²) in [6, 6.07) is 25.3. The molecule has 0 bridgehead atoms. The Balaban J connectivity index is 1.43. The van der Waals surface area contributed by atoms with Crippen LogP contribution in [0.5, 0.6) is 5.75 Å². The van der Waals surface area contributed by atoms with Gasteiger partial charge in [-0.15, -0.1) is 0 Å². The summed E-state index contributed by atoms with van der Waals surface area (Å²) in [6.07, 6.45) is 1.71. The molecule has 1 aliphatic rings. The smallest absolute Gasteiger partial charge is 0.306 e. The van der Waals surface area contributed by atoms with Crippen LogP contribution in [0.1, 0.15) is 66.1 Å². The Bertz CT molecular complexity index is 1400. The predicted molar refractivity (Wildman–Crippen MR) is 159 cm³/mol. The summed E-state index contributed by atoms with van der Waals surface area (Å²) in [7, 11) is 1.58. The molecule has 1 aliphatic heterocycles. The van der Waals surface area contributed by atoms with Crippen molar-refractivity contribution in [2.24, 2.45) is 5.92 Å². The topological polar surface area (TPSA) is 109 Å². The van der Waals surface area contributed by atoms with Crippen molar-refractivity contribution < 1.29 is 23.9 Å². The molecule has 0 saturated carbocycles. The zero-order valence-electron chi connectivity index (χ0n) is 24.3. The number of ether oxygens (including phenoxy) is 2. The number of nitriles is 1. The van der Waals surface area contributed by atoms with E-state index in [2.05, 4.69) is 11.4 Å². The summed E-state index contributed by atoms with van der Waals surface area (Å²) in [5, 5.41) is 12.1. The number of hydrogen-bond acceptors (Lipinski definition) is 6. The van der Waals surface area contributed by atoms with E-state index >= 15 is 0 Å². The third kappa shape index (κ3) is 7.76. The number of nitrogens with one attached hydrogen (secondary N) is 1. The van der Waals surface area contributed by atoms with E-state index in [1.807, 2.05) is 61.2 Å². The zero-order chi connectivity index (χ0) is 30.1. The average molecular weight is 568 g/mol. The van der Waals surface area contributed by atoms with Gasteiger partial charge < -0.3 is 19.7 Å². The van der Waals surface area contributed by atoms with Gasteiger partial charge in [-0.3, -0.25) is 14.4 Å². The van der Waals surface area contributed by atoms with Crippen molar-refractivity contribution in [2.75, 3.05) is 20.2 Å². The summed E-state index contributed by atoms with van der Waals surface area (Å²) < 4.78 is 10.8. The number of nitrogens with zero attached hydrogens (tertiary/aromatic N) is 2. The monoisotopic (exact) mass is 567 g/mol. The first-order valence-electron chi connectivity index (χ1n) is 14.1. The Morgan fingerprint density at radius 2 is 1.62 bits per heavy atom. The highest BCUT2D eigenvalue weighted by molar-refractivity contribution is 5.96. The quantitative estimate of drug-likeness (QED) is 0.336. The SMILES string of the molecule is COc1ccc(C(C(=O)N2CCC(CC(=O)OCc3ccccc3)CC2)C(C)(C)NC(=O)c2ccc(C#N)cc2)cc1. The van der Waals surface area contributed by atoms with Crippen molar-refractivity contribution in [1.29, 1.82) is 5.26 Å². The number of esters is 1. The maximum absolute atomic E-state index is 14.1. The summed E-state index contributed by atoms with van der Waals surface area (Å²) in [6.45, 7) is 4.97. The summed E-state index contributed by atoms with van der Waals surface area (Å²) in [5.74, 6) is -0.506. The van der Waals surface area contributed by atoms with Gasteiger partial charge in [0.2, 0.25) is 5.91 Å². The van der Waals surface area contributed by atoms with Crippen molar-refractivity contribution >= 4 is 17.8 Å². The highest BCUT2D eigenvalue weighted by atomic mass is 16.5. The van der Waals surface area contributed by atoms with Gasteiger partial charge in [-0.2, -0.15) is 5.26 Å². The molecule has 1 unspecified atom stereocenters. The molecule has 8 heteroatoms. The minimum absolute atomic E-state index is 0.0876. The predicted octanol–water partition coefficient (Wildman–Crippen LogP) is 5.23. The van der Waals surface area contributed by atoms with Crippen LogP contribution in [0.15, 0.2) is 78.9 Å². The fourth-order valence-corrected chi connectivity index (χ4v) is 5.37. The lowest BCUT2D eigenvalue weighted by Crippen LogP contribution is -2.54. The van der Waals surface area contributed by atoms with Crippen molar-refractivity contribution in [2.45, 2.75) is 51.2 Å². The van der Waals surface area contributed by atoms with E-state index < -0.39 is 11.5 Å². The van der Waals surface area contributed by atoms with Gasteiger partial charge in [-0.25, -0.2) is 0 Å². The Morgan fingerprint density at radius 1 is 0.976 bits per heavy atom. The summed E-state index contributed by atoms with van der Waals surface area (Å²) >= 11 is 0. The fourth-order valence-electron chi connectivity index (χ4n) is 5.37. The molecule has 42 heavy (non-hydrogen) atoms. The van der Waals surface area contributed by atoms with E-state index in [-0.39, 0.29) is 30.3 Å². The van der Waals surface area contributed by atoms with E-state index in [1.165, 1.54) is 0 Å². The van der Waals surface area contributed by atoms with Gasteiger partial charge in [-0.05, 0) is 80.1 Å². The van der Waals surface area contributed by atoms with Gasteiger partial charge in [0.1, 0.15) is 12.4 Å². The molecule has 1 atom stereocenters. The van der Waals surface area contributed by atoms with Gasteiger partial charge in [0.15, 0.2) is 0 Å². The number of likely N-dealkylation sites (tertiary alicyclic amines) is 1. The number of carbonyl (C=O) groups excluding carboxylic acids is 3. The molecule has 1 heterocycles. The van der Waals surface area contributed by atoms with Gasteiger partial charge in [0.25, 0.3) is 5.91 Å². The molecule has 0 spiro atoms. The molecule has 0 aromatic heterocycles. The van der Waals surface area contributed by atoms with E-state index in [0.29, 0.717) is 49.2 Å². The Labute approximate surface area is 247 Å². The first kappa shape index (κ1) is 30.3. The first-order valence-corrected chi connectivity index (χ1v) is 14.1. The molecular weight excluding hydrogens is 530 g/mol. The Morgan fingerprint density at radius 3 is 2.21 bits per heavy atom. The van der Waals surface area contributed by atoms with Gasteiger partial charge in [-0.1, -0.05) is 42.5 Å². The lowest BCUT2D eigenvalue weighted by Gasteiger charge is -2.40. The van der Waals surface area contributed by atoms with Crippen LogP contribution in [-0.4, -0.2) is 48.4 Å². The highest BCUT2D eigenvalue weighted by Gasteiger charge is 2.41. The van der Waals surface area contributed by atoms with Crippen molar-refractivity contribution in [1.82, 2.24) is 10.2 Å². The molecule has 2 amide bonds. The minimum atomic E-state index is -0.950. The molecule has 1 N–H and O–H groups in total. The number of amides is 2. The fraction of sp³-hybridized carbons (Fsp3) is 0.353. The Hall–Kier alpha value is -4.64. The van der Waals surface area contributed by atoms with Gasteiger partial charge in [0, 0.05) is 25.1 Å². The van der Waals surface area contributed by atoms with E-state index in [0.717, 1.165) is 11.1 Å². The van der Waals surface area contributed by atoms with E-state index in [9.17, 15) is 14.4 Å². The number of piperidine rings is 1. The Kier molecular flexibility index (Phi) is 9.98. The number of hydrogen-bond donors (Lipinski definition) is 1. The number of rotatable bonds is 10. The van der Waals surface area contributed by atoms with Crippen LogP contribution in [0.25, 0.3) is 0 Å². The summed E-state index contributed by atoms with van der Waals surface area (Å²) in [4.78, 5) is 41.6. The van der Waals surface area contributed by atoms with Gasteiger partial charge >= 0.3 is 5.97 Å². The number of methoxy groups -OCH3 is 1. The van der Waals surface area contributed by atoms with Gasteiger partial charge in [0.05, 0.1) is 30.2 Å². The molecule has 0 radical (unpaired) electrons. The standard InChI is InChI=1S/C34H37N3O5/c1-34(2,36-32(39)28-11-9-25(22-35)10-12-28)31(27-13-15-29(41-3)16-14-27)33(40)37-19-17-24(18-20-37)21-30(38)42-23-26-7-5-4-6-8-26/h4-16,24,31H,17-21,23H2,1-3H3,(H,36,39). The molecule has 218 valence electrons. The van der Waals surface area contributed by atoms with Crippen LogP contribution in [0.4, 0.5) is 0 Å². The molecule has 3 aromatic rings. The van der Waals surface area contributed by atoms with Crippen LogP contribution in [0.2, 0.25) is 0 Å². The molecule has 0 aliphatic carbocycles. The van der Waals surface area contributed by atoms with E-state index in [4.69, 9.17) is 14.7 Å². The molecule has 3 aromatic carbocycles. The molecular formula is C34H37N3O5. The largest absolute Gasteiger partial charge is 0.497 e. The molecule has 8 nitrogen and oxygen atoms in total. The first-order chi connectivity index (χ1) is 20.2. The van der Waals surface area contributed by atoms with Crippen molar-refractivity contribution in [3.63, 3.8) is 0 Å². The van der Waals surface area contributed by atoms with Crippen LogP contribution >= 0.6 is 0 Å². The third-order valence-corrected chi connectivity index (χ3v) is 7.75. The molecule has 1 saturated heterocycles. The van der Waals surface area contributed by atoms with Crippen LogP contribution in [0, 0.1) is 17.2 Å². The lowest BCUT2D eigenvalue weighted by molar-refractivity contribution is -0.146. The maximum Gasteiger partial charge on any atom is 0.306 e. The van der Waals surface area contributed by atoms with Crippen molar-refractivity contribution in [3.05, 3.63) is 101 Å². The molecule has 4 rings (SSSR count). The van der Waals surface area contributed by atoms with Crippen molar-refractivity contribution in [3.8, 4) is 11.8 Å². The number of carbonyl (C=O) groups is 3. The molecule has 1 fully saturated rings. The van der Waals surface area contributed by atoms with Crippen LogP contribution in [-0.2, 0) is 20.9 Å². The average Bonchev–Trinajstić information content (AvgIpc) is 3.01. The second kappa shape index (κ2) is 13.8. The third-order valence-electron chi connectivity index (χ3n) is 7.75. The van der Waals surface area contributed by atoms with Crippen LogP contribution < -0.4 is 10.1 Å². The van der Waals surface area contributed by atoms with Crippen LogP contribution in [0.3, 0.4) is 0 Å². The normalized spacial score (nSPS) is 14.4. The van der Waals surface area contributed by atoms with E-state index in [1.54, 1.807) is 43.5 Å².